The first-order valence-electron chi connectivity index (χ1n) is 14.2. The predicted molar refractivity (Wildman–Crippen MR) is 162 cm³/mol. The lowest BCUT2D eigenvalue weighted by Gasteiger charge is -2.27. The normalized spacial score (nSPS) is 16.5. The number of carboxylic acids is 1. The monoisotopic (exact) mass is 645 g/mol. The van der Waals surface area contributed by atoms with E-state index in [4.69, 9.17) is 21.2 Å². The molecule has 13 heteroatoms. The highest BCUT2D eigenvalue weighted by atomic mass is 35.5. The topological polar surface area (TPSA) is 110 Å². The Balaban J connectivity index is 1.51. The van der Waals surface area contributed by atoms with Gasteiger partial charge >= 0.3 is 12.3 Å². The fraction of sp³-hybridized carbons (Fsp3) is 0.344. The number of nitrogens with one attached hydrogen (secondary N) is 1. The number of methoxy groups -OCH3 is 1. The maximum Gasteiger partial charge on any atom is 0.573 e. The van der Waals surface area contributed by atoms with E-state index >= 15 is 0 Å². The van der Waals surface area contributed by atoms with E-state index in [9.17, 15) is 27.9 Å². The van der Waals surface area contributed by atoms with Gasteiger partial charge in [0.1, 0.15) is 17.5 Å². The number of nitrogens with zero attached hydrogens (tertiary/aromatic N) is 2. The highest BCUT2D eigenvalue weighted by molar-refractivity contribution is 6.30. The van der Waals surface area contributed by atoms with Gasteiger partial charge in [0.25, 0.3) is 5.91 Å². The Morgan fingerprint density at radius 2 is 1.80 bits per heavy atom. The van der Waals surface area contributed by atoms with Gasteiger partial charge < -0.3 is 29.6 Å². The SMILES string of the molecule is CCC(ON=C(C)c1cc(NC(C(=O)N2CC3(CC3)c3ccc(OC(F)(F)F)cc32)c2ccc(Cl)cc2)cc(OC)c1)C(=O)O. The number of anilines is 2. The average Bonchev–Trinajstić information content (AvgIpc) is 3.71. The highest BCUT2D eigenvalue weighted by Crippen LogP contribution is 2.57. The lowest BCUT2D eigenvalue weighted by atomic mass is 9.99. The molecule has 9 nitrogen and oxygen atoms in total. The summed E-state index contributed by atoms with van der Waals surface area (Å²) in [5, 5.41) is 17.0. The van der Waals surface area contributed by atoms with Crippen LogP contribution in [0.5, 0.6) is 11.5 Å². The van der Waals surface area contributed by atoms with Crippen LogP contribution in [-0.2, 0) is 19.8 Å². The largest absolute Gasteiger partial charge is 0.573 e. The van der Waals surface area contributed by atoms with Crippen LogP contribution in [0.2, 0.25) is 5.02 Å². The molecule has 1 saturated carbocycles. The summed E-state index contributed by atoms with van der Waals surface area (Å²) in [6.45, 7) is 3.63. The zero-order valence-corrected chi connectivity index (χ0v) is 25.4. The minimum absolute atomic E-state index is 0.215. The third kappa shape index (κ3) is 7.11. The van der Waals surface area contributed by atoms with Crippen molar-refractivity contribution in [2.45, 2.75) is 57.0 Å². The Labute approximate surface area is 262 Å². The zero-order chi connectivity index (χ0) is 32.5. The molecule has 0 saturated heterocycles. The molecule has 0 bridgehead atoms. The van der Waals surface area contributed by atoms with E-state index in [2.05, 4.69) is 15.2 Å². The van der Waals surface area contributed by atoms with Crippen LogP contribution in [0.3, 0.4) is 0 Å². The maximum absolute atomic E-state index is 14.4. The molecule has 3 aromatic rings. The van der Waals surface area contributed by atoms with Crippen LogP contribution in [0.15, 0.2) is 65.8 Å². The van der Waals surface area contributed by atoms with Gasteiger partial charge in [-0.15, -0.1) is 13.2 Å². The van der Waals surface area contributed by atoms with E-state index < -0.39 is 36.1 Å². The standard InChI is InChI=1S/C32H31ClF3N3O6/c1-4-27(30(41)42)45-38-18(2)20-13-22(15-24(14-20)43-3)37-28(19-5-7-21(33)8-6-19)29(40)39-17-31(11-12-31)25-10-9-23(16-26(25)39)44-32(34,35)36/h5-10,13-16,27-28,37H,4,11-12,17H2,1-3H3,(H,41,42). The van der Waals surface area contributed by atoms with Crippen molar-refractivity contribution >= 4 is 40.6 Å². The number of amides is 1. The predicted octanol–water partition coefficient (Wildman–Crippen LogP) is 7.08. The van der Waals surface area contributed by atoms with Gasteiger partial charge in [-0.05, 0) is 67.6 Å². The van der Waals surface area contributed by atoms with E-state index in [0.717, 1.165) is 18.4 Å². The fourth-order valence-electron chi connectivity index (χ4n) is 5.39. The fourth-order valence-corrected chi connectivity index (χ4v) is 5.52. The number of halogens is 4. The number of benzene rings is 3. The van der Waals surface area contributed by atoms with Crippen LogP contribution in [0.4, 0.5) is 24.5 Å². The van der Waals surface area contributed by atoms with Crippen LogP contribution in [0.1, 0.15) is 55.8 Å². The number of oxime groups is 1. The Kier molecular flexibility index (Phi) is 8.88. The first kappa shape index (κ1) is 32.0. The molecule has 1 aliphatic heterocycles. The molecular weight excluding hydrogens is 615 g/mol. The van der Waals surface area contributed by atoms with Crippen molar-refractivity contribution in [3.8, 4) is 11.5 Å². The quantitative estimate of drug-likeness (QED) is 0.169. The summed E-state index contributed by atoms with van der Waals surface area (Å²) in [6, 6.07) is 14.9. The smallest absolute Gasteiger partial charge is 0.497 e. The molecule has 2 atom stereocenters. The van der Waals surface area contributed by atoms with Crippen molar-refractivity contribution in [2.24, 2.45) is 5.16 Å². The number of alkyl halides is 3. The molecule has 1 fully saturated rings. The third-order valence-electron chi connectivity index (χ3n) is 7.93. The molecule has 1 spiro atoms. The van der Waals surface area contributed by atoms with E-state index in [1.807, 2.05) is 0 Å². The van der Waals surface area contributed by atoms with Gasteiger partial charge in [-0.3, -0.25) is 4.79 Å². The number of hydrogen-bond donors (Lipinski definition) is 2. The van der Waals surface area contributed by atoms with Gasteiger partial charge in [0.2, 0.25) is 6.10 Å². The van der Waals surface area contributed by atoms with Crippen molar-refractivity contribution in [3.05, 3.63) is 82.4 Å². The first-order valence-corrected chi connectivity index (χ1v) is 14.6. The first-order chi connectivity index (χ1) is 21.3. The number of hydrogen-bond acceptors (Lipinski definition) is 7. The third-order valence-corrected chi connectivity index (χ3v) is 8.18. The van der Waals surface area contributed by atoms with Crippen molar-refractivity contribution in [3.63, 3.8) is 0 Å². The molecule has 45 heavy (non-hydrogen) atoms. The van der Waals surface area contributed by atoms with Gasteiger partial charge in [0.05, 0.1) is 18.5 Å². The lowest BCUT2D eigenvalue weighted by Crippen LogP contribution is -2.38. The molecule has 238 valence electrons. The van der Waals surface area contributed by atoms with Gasteiger partial charge in [0.15, 0.2) is 0 Å². The van der Waals surface area contributed by atoms with Crippen LogP contribution in [0, 0.1) is 0 Å². The number of carbonyl (C=O) groups is 2. The van der Waals surface area contributed by atoms with Crippen LogP contribution >= 0.6 is 11.6 Å². The molecule has 2 unspecified atom stereocenters. The molecular formula is C32H31ClF3N3O6. The van der Waals surface area contributed by atoms with Crippen molar-refractivity contribution < 1.29 is 42.2 Å². The Morgan fingerprint density at radius 3 is 2.40 bits per heavy atom. The summed E-state index contributed by atoms with van der Waals surface area (Å²) in [5.74, 6) is -1.51. The Hall–Kier alpha value is -4.45. The molecule has 1 aliphatic carbocycles. The molecule has 3 aromatic carbocycles. The minimum Gasteiger partial charge on any atom is -0.497 e. The van der Waals surface area contributed by atoms with E-state index in [1.54, 1.807) is 62.4 Å². The zero-order valence-electron chi connectivity index (χ0n) is 24.7. The second kappa shape index (κ2) is 12.5. The van der Waals surface area contributed by atoms with Gasteiger partial charge in [-0.25, -0.2) is 4.79 Å². The molecule has 0 aromatic heterocycles. The Bertz CT molecular complexity index is 1630. The molecule has 1 amide bonds. The summed E-state index contributed by atoms with van der Waals surface area (Å²) in [5.41, 5.74) is 2.81. The summed E-state index contributed by atoms with van der Waals surface area (Å²) >= 11 is 6.14. The van der Waals surface area contributed by atoms with Crippen LogP contribution in [0.25, 0.3) is 0 Å². The summed E-state index contributed by atoms with van der Waals surface area (Å²) in [6.07, 6.45) is -4.16. The van der Waals surface area contributed by atoms with Crippen LogP contribution in [-0.4, -0.2) is 48.8 Å². The van der Waals surface area contributed by atoms with Crippen molar-refractivity contribution in [1.82, 2.24) is 0 Å². The summed E-state index contributed by atoms with van der Waals surface area (Å²) in [4.78, 5) is 32.5. The minimum atomic E-state index is -4.88. The number of aliphatic carboxylic acids is 1. The van der Waals surface area contributed by atoms with Gasteiger partial charge in [0, 0.05) is 40.4 Å². The van der Waals surface area contributed by atoms with Crippen LogP contribution < -0.4 is 19.7 Å². The second-order valence-corrected chi connectivity index (χ2v) is 11.5. The summed E-state index contributed by atoms with van der Waals surface area (Å²) < 4.78 is 48.8. The number of carboxylic acid groups (broad SMARTS) is 1. The molecule has 5 rings (SSSR count). The number of ether oxygens (including phenoxy) is 2. The van der Waals surface area contributed by atoms with Crippen molar-refractivity contribution in [2.75, 3.05) is 23.9 Å². The molecule has 2 aliphatic rings. The maximum atomic E-state index is 14.4. The highest BCUT2D eigenvalue weighted by Gasteiger charge is 2.54. The van der Waals surface area contributed by atoms with Crippen molar-refractivity contribution in [1.29, 1.82) is 0 Å². The second-order valence-electron chi connectivity index (χ2n) is 11.0. The average molecular weight is 646 g/mol. The lowest BCUT2D eigenvalue weighted by molar-refractivity contribution is -0.274. The number of rotatable bonds is 11. The number of carbonyl (C=O) groups excluding carboxylic acids is 1. The van der Waals surface area contributed by atoms with Gasteiger partial charge in [-0.2, -0.15) is 0 Å². The van der Waals surface area contributed by atoms with E-state index in [-0.39, 0.29) is 11.8 Å². The summed E-state index contributed by atoms with van der Waals surface area (Å²) in [7, 11) is 1.47. The van der Waals surface area contributed by atoms with E-state index in [1.165, 1.54) is 24.1 Å². The Morgan fingerprint density at radius 1 is 1.09 bits per heavy atom. The molecule has 2 N–H and O–H groups in total. The number of fused-ring (bicyclic) bond motifs is 2. The molecule has 0 radical (unpaired) electrons. The molecule has 1 heterocycles. The van der Waals surface area contributed by atoms with Gasteiger partial charge in [-0.1, -0.05) is 41.9 Å². The van der Waals surface area contributed by atoms with E-state index in [0.29, 0.717) is 45.5 Å².